The first-order valence-corrected chi connectivity index (χ1v) is 14.4. The van der Waals surface area contributed by atoms with E-state index in [0.29, 0.717) is 13.1 Å². The number of carbonyl (C=O) groups excluding carboxylic acids is 1. The van der Waals surface area contributed by atoms with Gasteiger partial charge in [0.05, 0.1) is 13.1 Å². The number of rotatable bonds is 12. The lowest BCUT2D eigenvalue weighted by molar-refractivity contribution is -0.119. The fraction of sp³-hybridized carbons (Fsp3) is 0.483. The summed E-state index contributed by atoms with van der Waals surface area (Å²) in [5, 5.41) is 21.0. The van der Waals surface area contributed by atoms with Crippen LogP contribution in [0.25, 0.3) is 10.6 Å². The molecule has 1 amide bonds. The van der Waals surface area contributed by atoms with Gasteiger partial charge in [-0.15, -0.1) is 10.2 Å². The molecule has 1 aromatic heterocycles. The number of hydrogen-bond acceptors (Lipinski definition) is 8. The number of anilines is 1. The van der Waals surface area contributed by atoms with Gasteiger partial charge in [0.25, 0.3) is 0 Å². The molecule has 38 heavy (non-hydrogen) atoms. The van der Waals surface area contributed by atoms with Gasteiger partial charge < -0.3 is 20.5 Å². The third kappa shape index (κ3) is 7.99. The molecule has 0 unspecified atom stereocenters. The molecule has 1 aliphatic carbocycles. The molecule has 0 fully saturated rings. The first-order chi connectivity index (χ1) is 18.4. The van der Waals surface area contributed by atoms with Gasteiger partial charge in [-0.3, -0.25) is 4.79 Å². The molecule has 2 heterocycles. The average Bonchev–Trinajstić information content (AvgIpc) is 3.58. The summed E-state index contributed by atoms with van der Waals surface area (Å²) in [4.78, 5) is 14.9. The van der Waals surface area contributed by atoms with E-state index in [1.807, 2.05) is 45.0 Å². The maximum absolute atomic E-state index is 12.8. The molecule has 2 N–H and O–H groups in total. The van der Waals surface area contributed by atoms with E-state index >= 15 is 0 Å². The van der Waals surface area contributed by atoms with Crippen LogP contribution in [-0.4, -0.2) is 79.0 Å². The van der Waals surface area contributed by atoms with Gasteiger partial charge in [-0.05, 0) is 61.7 Å². The van der Waals surface area contributed by atoms with Crippen LogP contribution < -0.4 is 15.5 Å². The number of hydrazine groups is 1. The number of nitrogens with zero attached hydrogens (tertiary/aromatic N) is 5. The third-order valence-corrected chi connectivity index (χ3v) is 7.47. The molecule has 0 saturated heterocycles. The molecule has 0 bridgehead atoms. The molecule has 0 saturated carbocycles. The maximum atomic E-state index is 12.8. The minimum atomic E-state index is -0.00405. The fourth-order valence-corrected chi connectivity index (χ4v) is 5.17. The largest absolute Gasteiger partial charge is 0.356 e. The van der Waals surface area contributed by atoms with Gasteiger partial charge in [0.1, 0.15) is 10.0 Å². The van der Waals surface area contributed by atoms with Crippen molar-refractivity contribution in [3.63, 3.8) is 0 Å². The zero-order valence-electron chi connectivity index (χ0n) is 23.6. The Bertz CT molecular complexity index is 1120. The van der Waals surface area contributed by atoms with Crippen molar-refractivity contribution >= 4 is 22.9 Å². The van der Waals surface area contributed by atoms with Crippen molar-refractivity contribution in [3.05, 3.63) is 64.8 Å². The van der Waals surface area contributed by atoms with Crippen molar-refractivity contribution in [3.8, 4) is 10.6 Å². The van der Waals surface area contributed by atoms with Gasteiger partial charge in [-0.25, -0.2) is 5.01 Å². The number of amides is 1. The zero-order valence-corrected chi connectivity index (χ0v) is 24.4. The topological polar surface area (TPSA) is 76.6 Å². The molecule has 2 aromatic rings. The first kappa shape index (κ1) is 29.5. The van der Waals surface area contributed by atoms with Crippen molar-refractivity contribution in [2.45, 2.75) is 40.5 Å². The quantitative estimate of drug-likeness (QED) is 0.389. The van der Waals surface area contributed by atoms with E-state index in [1.54, 1.807) is 11.3 Å². The highest BCUT2D eigenvalue weighted by Crippen LogP contribution is 2.29. The number of hydrogen-bond donors (Lipinski definition) is 2. The van der Waals surface area contributed by atoms with Crippen LogP contribution in [0.15, 0.2) is 59.8 Å². The number of aryl methyl sites for hydroxylation is 1. The Morgan fingerprint density at radius 1 is 1.13 bits per heavy atom. The van der Waals surface area contributed by atoms with Crippen LogP contribution in [0.1, 0.15) is 38.6 Å². The SMILES string of the molecule is C=C(CN(CC(=O)NCCNCC)c1ccc(-c2nnc(C)s2)cc1)N(C)N1CC2=C(CCC=C2)C1.CC. The summed E-state index contributed by atoms with van der Waals surface area (Å²) in [6, 6.07) is 8.18. The van der Waals surface area contributed by atoms with Gasteiger partial charge in [-0.2, -0.15) is 0 Å². The Balaban J connectivity index is 0.00000195. The van der Waals surface area contributed by atoms with E-state index in [1.165, 1.54) is 11.1 Å². The molecular weight excluding hydrogens is 494 g/mol. The zero-order chi connectivity index (χ0) is 27.5. The Morgan fingerprint density at radius 3 is 2.55 bits per heavy atom. The van der Waals surface area contributed by atoms with Gasteiger partial charge in [0, 0.05) is 50.2 Å². The van der Waals surface area contributed by atoms with Crippen molar-refractivity contribution in [2.24, 2.45) is 0 Å². The summed E-state index contributed by atoms with van der Waals surface area (Å²) in [6.45, 7) is 17.3. The lowest BCUT2D eigenvalue weighted by atomic mass is 10.0. The second kappa shape index (κ2) is 14.8. The van der Waals surface area contributed by atoms with E-state index in [0.717, 1.165) is 66.0 Å². The maximum Gasteiger partial charge on any atom is 0.239 e. The molecular formula is C29H43N7OS. The lowest BCUT2D eigenvalue weighted by Gasteiger charge is -2.35. The number of allylic oxidation sites excluding steroid dienone is 1. The minimum absolute atomic E-state index is 0.00405. The molecule has 2 aliphatic rings. The number of aromatic nitrogens is 2. The summed E-state index contributed by atoms with van der Waals surface area (Å²) >= 11 is 1.57. The van der Waals surface area contributed by atoms with Crippen molar-refractivity contribution < 1.29 is 4.79 Å². The second-order valence-corrected chi connectivity index (χ2v) is 10.4. The van der Waals surface area contributed by atoms with Gasteiger partial charge in [-0.1, -0.05) is 50.8 Å². The lowest BCUT2D eigenvalue weighted by Crippen LogP contribution is -2.44. The van der Waals surface area contributed by atoms with Crippen molar-refractivity contribution in [2.75, 3.05) is 57.8 Å². The monoisotopic (exact) mass is 537 g/mol. The van der Waals surface area contributed by atoms with Crippen LogP contribution in [0.4, 0.5) is 5.69 Å². The Morgan fingerprint density at radius 2 is 1.89 bits per heavy atom. The molecule has 4 rings (SSSR count). The molecule has 0 radical (unpaired) electrons. The van der Waals surface area contributed by atoms with E-state index in [2.05, 4.69) is 68.5 Å². The highest BCUT2D eigenvalue weighted by atomic mass is 32.1. The van der Waals surface area contributed by atoms with Crippen LogP contribution in [0.2, 0.25) is 0 Å². The van der Waals surface area contributed by atoms with Crippen LogP contribution >= 0.6 is 11.3 Å². The normalized spacial score (nSPS) is 14.6. The van der Waals surface area contributed by atoms with Crippen LogP contribution in [-0.2, 0) is 4.79 Å². The standard InChI is InChI=1S/C27H37N7OS.C2H6/c1-5-28-14-15-29-26(35)19-33(25-12-10-22(11-13-25)27-31-30-21(3)36-27)16-20(2)32(4)34-17-23-8-6-7-9-24(23)18-34;1-2/h6,8,10-13,28H,2,5,7,9,14-19H2,1,3-4H3,(H,29,35);1-2H3. The van der Waals surface area contributed by atoms with Gasteiger partial charge in [0.15, 0.2) is 0 Å². The summed E-state index contributed by atoms with van der Waals surface area (Å²) in [7, 11) is 2.07. The Hall–Kier alpha value is -3.01. The minimum Gasteiger partial charge on any atom is -0.356 e. The van der Waals surface area contributed by atoms with Crippen LogP contribution in [0.5, 0.6) is 0 Å². The molecule has 9 heteroatoms. The summed E-state index contributed by atoms with van der Waals surface area (Å²) in [6.07, 6.45) is 6.80. The van der Waals surface area contributed by atoms with Crippen LogP contribution in [0, 0.1) is 6.92 Å². The van der Waals surface area contributed by atoms with E-state index in [4.69, 9.17) is 0 Å². The molecule has 0 atom stereocenters. The van der Waals surface area contributed by atoms with E-state index in [-0.39, 0.29) is 12.5 Å². The predicted molar refractivity (Wildman–Crippen MR) is 159 cm³/mol. The number of nitrogens with one attached hydrogen (secondary N) is 2. The summed E-state index contributed by atoms with van der Waals surface area (Å²) in [5.74, 6) is -0.00405. The first-order valence-electron chi connectivity index (χ1n) is 13.6. The number of likely N-dealkylation sites (N-methyl/N-ethyl adjacent to an activating group) is 2. The molecule has 1 aromatic carbocycles. The molecule has 0 spiro atoms. The van der Waals surface area contributed by atoms with Gasteiger partial charge >= 0.3 is 0 Å². The predicted octanol–water partition coefficient (Wildman–Crippen LogP) is 4.39. The Kier molecular flexibility index (Phi) is 11.5. The van der Waals surface area contributed by atoms with E-state index in [9.17, 15) is 4.79 Å². The number of carbonyl (C=O) groups is 1. The van der Waals surface area contributed by atoms with Crippen molar-refractivity contribution in [1.82, 2.24) is 30.8 Å². The second-order valence-electron chi connectivity index (χ2n) is 9.22. The van der Waals surface area contributed by atoms with Crippen molar-refractivity contribution in [1.29, 1.82) is 0 Å². The fourth-order valence-electron chi connectivity index (χ4n) is 4.48. The smallest absolute Gasteiger partial charge is 0.239 e. The third-order valence-electron chi connectivity index (χ3n) is 6.58. The van der Waals surface area contributed by atoms with Crippen LogP contribution in [0.3, 0.4) is 0 Å². The highest BCUT2D eigenvalue weighted by Gasteiger charge is 2.26. The Labute approximate surface area is 232 Å². The molecule has 206 valence electrons. The highest BCUT2D eigenvalue weighted by molar-refractivity contribution is 7.14. The molecule has 1 aliphatic heterocycles. The summed E-state index contributed by atoms with van der Waals surface area (Å²) < 4.78 is 0. The molecule has 8 nitrogen and oxygen atoms in total. The van der Waals surface area contributed by atoms with E-state index < -0.39 is 0 Å². The summed E-state index contributed by atoms with van der Waals surface area (Å²) in [5.41, 5.74) is 5.90. The van der Waals surface area contributed by atoms with Gasteiger partial charge in [0.2, 0.25) is 5.91 Å². The number of benzene rings is 1. The average molecular weight is 538 g/mol.